The number of nitrogens with zero attached hydrogens (tertiary/aromatic N) is 7. The lowest BCUT2D eigenvalue weighted by Gasteiger charge is -2.39. The number of rotatable bonds is 42. The highest BCUT2D eigenvalue weighted by molar-refractivity contribution is 5.79. The summed E-state index contributed by atoms with van der Waals surface area (Å²) in [6.07, 6.45) is 3.21. The molecule has 4 aromatic rings. The number of aliphatic carboxylic acids is 4. The van der Waals surface area contributed by atoms with E-state index in [0.717, 1.165) is 23.8 Å². The molecule has 0 spiro atoms. The monoisotopic (exact) mass is 1260 g/mol. The molecule has 90 heavy (non-hydrogen) atoms. The molecule has 5 rings (SSSR count). The summed E-state index contributed by atoms with van der Waals surface area (Å²) in [5.74, 6) is -4.37. The van der Waals surface area contributed by atoms with Crippen molar-refractivity contribution in [2.45, 2.75) is 129 Å². The Labute approximate surface area is 523 Å². The van der Waals surface area contributed by atoms with Gasteiger partial charge in [-0.3, -0.25) is 48.4 Å². The number of carbonyl (C=O) groups excluding carboxylic acids is 4. The van der Waals surface area contributed by atoms with E-state index in [1.54, 1.807) is 26.8 Å². The zero-order chi connectivity index (χ0) is 65.5. The summed E-state index contributed by atoms with van der Waals surface area (Å²) in [5.41, 5.74) is 2.47. The van der Waals surface area contributed by atoms with Gasteiger partial charge in [0.05, 0.1) is 32.5 Å². The van der Waals surface area contributed by atoms with Crippen LogP contribution in [0.15, 0.2) is 58.1 Å². The normalized spacial score (nSPS) is 15.3. The molecule has 0 aliphatic carbocycles. The van der Waals surface area contributed by atoms with Crippen molar-refractivity contribution in [2.24, 2.45) is 0 Å². The highest BCUT2D eigenvalue weighted by Crippen LogP contribution is 2.23. The van der Waals surface area contributed by atoms with Crippen LogP contribution in [0, 0.1) is 0 Å². The van der Waals surface area contributed by atoms with Gasteiger partial charge in [-0.05, 0) is 108 Å². The molecule has 1 aliphatic rings. The van der Waals surface area contributed by atoms with E-state index in [0.29, 0.717) is 49.5 Å². The molecule has 0 bridgehead atoms. The Morgan fingerprint density at radius 2 is 0.889 bits per heavy atom. The number of aryl methyl sites for hydroxylation is 2. The first-order valence-corrected chi connectivity index (χ1v) is 30.6. The van der Waals surface area contributed by atoms with Gasteiger partial charge in [0.1, 0.15) is 53.1 Å². The van der Waals surface area contributed by atoms with E-state index in [1.165, 1.54) is 20.8 Å². The number of benzene rings is 2. The molecule has 4 atom stereocenters. The van der Waals surface area contributed by atoms with Gasteiger partial charge in [0, 0.05) is 109 Å². The van der Waals surface area contributed by atoms with Crippen molar-refractivity contribution in [2.75, 3.05) is 125 Å². The maximum atomic E-state index is 13.4. The van der Waals surface area contributed by atoms with Gasteiger partial charge in [-0.1, -0.05) is 31.2 Å². The minimum absolute atomic E-state index is 0.0152. The van der Waals surface area contributed by atoms with Gasteiger partial charge in [0.15, 0.2) is 0 Å². The predicted octanol–water partition coefficient (Wildman–Crippen LogP) is 3.93. The molecule has 2 heterocycles. The minimum Gasteiger partial charge on any atom is -0.481 e. The molecule has 3 aromatic carbocycles. The van der Waals surface area contributed by atoms with Gasteiger partial charge in [-0.25, -0.2) is 0 Å². The van der Waals surface area contributed by atoms with Gasteiger partial charge in [-0.15, -0.1) is 0 Å². The number of hydrogen-bond acceptors (Lipinski definition) is 24. The van der Waals surface area contributed by atoms with Crippen LogP contribution in [-0.4, -0.2) is 225 Å². The number of ketones is 3. The van der Waals surface area contributed by atoms with E-state index < -0.39 is 58.9 Å². The third-order valence-corrected chi connectivity index (χ3v) is 15.4. The third-order valence-electron chi connectivity index (χ3n) is 15.4. The van der Waals surface area contributed by atoms with Crippen LogP contribution in [0.1, 0.15) is 103 Å². The summed E-state index contributed by atoms with van der Waals surface area (Å²) < 4.78 is 11.4. The fraction of sp³-hybridized carbons (Fsp3) is 0.565. The maximum Gasteiger partial charge on any atom is 0.320 e. The summed E-state index contributed by atoms with van der Waals surface area (Å²) in [6, 6.07) is 10.5. The van der Waals surface area contributed by atoms with Crippen molar-refractivity contribution in [1.29, 1.82) is 0 Å². The van der Waals surface area contributed by atoms with E-state index >= 15 is 0 Å². The standard InChI is InChI=1S/C62H88N12O16/c1-5-25-63-53-54(56(82)55(53)81)64-26-36-89-38-39-90-37-27-65-60-68-61(66-46-17-12-44(13-18-46)7-6-8-52(79)80)70-62(69-60)67-47-19-14-45(15-20-47)16-24-51(59(87)88)73-31-29-71(48(40-75)21-9-41(2)76)28-30-72(49(57(83)84)22-10-42(3)77)32-34-74(35-33-73)50(58(85)86)23-11-43(4)78/h12-15,17-20,40,48-51,63-64H,5-11,16,21-39H2,1-4H3,(H,79,80)(H,83,84)(H,85,86)(H,87,88)(H3,65,66,67,68,69,70). The number of nitrogens with one attached hydrogen (secondary N) is 5. The lowest BCUT2D eigenvalue weighted by Crippen LogP contribution is -2.56. The molecule has 4 unspecified atom stereocenters. The number of hydrogen-bond donors (Lipinski definition) is 9. The largest absolute Gasteiger partial charge is 0.481 e. The van der Waals surface area contributed by atoms with Crippen LogP contribution < -0.4 is 37.4 Å². The molecule has 0 amide bonds. The van der Waals surface area contributed by atoms with Crippen molar-refractivity contribution in [3.63, 3.8) is 0 Å². The van der Waals surface area contributed by atoms with E-state index in [2.05, 4.69) is 41.5 Å². The lowest BCUT2D eigenvalue weighted by molar-refractivity contribution is -0.147. The average molecular weight is 1260 g/mol. The van der Waals surface area contributed by atoms with Gasteiger partial charge in [0.25, 0.3) is 10.9 Å². The summed E-state index contributed by atoms with van der Waals surface area (Å²) in [4.78, 5) is 144. The van der Waals surface area contributed by atoms with Crippen LogP contribution in [0.3, 0.4) is 0 Å². The smallest absolute Gasteiger partial charge is 0.320 e. The van der Waals surface area contributed by atoms with Crippen molar-refractivity contribution in [3.8, 4) is 0 Å². The van der Waals surface area contributed by atoms with Crippen LogP contribution in [0.2, 0.25) is 0 Å². The van der Waals surface area contributed by atoms with Crippen LogP contribution in [-0.2, 0) is 60.7 Å². The molecule has 492 valence electrons. The molecule has 0 saturated carbocycles. The minimum atomic E-state index is -1.20. The zero-order valence-electron chi connectivity index (χ0n) is 51.9. The van der Waals surface area contributed by atoms with Crippen LogP contribution in [0.5, 0.6) is 0 Å². The van der Waals surface area contributed by atoms with Crippen LogP contribution in [0.4, 0.5) is 40.6 Å². The van der Waals surface area contributed by atoms with Crippen molar-refractivity contribution >= 4 is 88.1 Å². The quantitative estimate of drug-likeness (QED) is 0.0172. The molecule has 28 nitrogen and oxygen atoms in total. The number of Topliss-reactive ketones (excluding diaryl/α,β-unsaturated/α-hetero) is 3. The van der Waals surface area contributed by atoms with Crippen molar-refractivity contribution < 1.29 is 68.3 Å². The Morgan fingerprint density at radius 1 is 0.500 bits per heavy atom. The SMILES string of the molecule is CCCNc1c(NCCOCCOCCNc2nc(Nc3ccc(CCCC(=O)O)cc3)nc(Nc3ccc(CCC(C(=O)O)N4CCN(C(C=O)CCC(C)=O)CCN(C(CCC(C)=O)C(=O)O)CCN(C(CCC(C)=O)C(=O)O)CC4)cc3)n2)c(=O)c1=O. The van der Waals surface area contributed by atoms with Crippen LogP contribution >= 0.6 is 0 Å². The Bertz CT molecular complexity index is 3050. The van der Waals surface area contributed by atoms with Gasteiger partial charge < -0.3 is 75.7 Å². The number of carboxylic acids is 4. The zero-order valence-corrected chi connectivity index (χ0v) is 51.9. The van der Waals surface area contributed by atoms with Gasteiger partial charge >= 0.3 is 23.9 Å². The van der Waals surface area contributed by atoms with E-state index in [-0.39, 0.29) is 177 Å². The van der Waals surface area contributed by atoms with E-state index in [1.807, 2.05) is 48.2 Å². The second kappa shape index (κ2) is 38.4. The topological polar surface area (TPSA) is 382 Å². The first-order valence-electron chi connectivity index (χ1n) is 30.6. The Morgan fingerprint density at radius 3 is 1.30 bits per heavy atom. The molecule has 1 fully saturated rings. The molecule has 28 heteroatoms. The molecule has 1 saturated heterocycles. The highest BCUT2D eigenvalue weighted by atomic mass is 16.5. The molecule has 1 aromatic heterocycles. The number of carbonyl (C=O) groups is 8. The average Bonchev–Trinajstić information content (AvgIpc) is 0.841. The second-order valence-corrected chi connectivity index (χ2v) is 22.3. The number of anilines is 7. The molecular formula is C62H88N12O16. The summed E-state index contributed by atoms with van der Waals surface area (Å²) in [6.45, 7) is 8.90. The summed E-state index contributed by atoms with van der Waals surface area (Å²) in [7, 11) is 0. The number of carboxylic acid groups (broad SMARTS) is 4. The maximum absolute atomic E-state index is 13.4. The Kier molecular flexibility index (Phi) is 31.0. The number of aldehydes is 1. The number of aromatic nitrogens is 3. The number of ether oxygens (including phenoxy) is 2. The van der Waals surface area contributed by atoms with Crippen LogP contribution in [0.25, 0.3) is 0 Å². The highest BCUT2D eigenvalue weighted by Gasteiger charge is 2.34. The molecule has 9 N–H and O–H groups in total. The lowest BCUT2D eigenvalue weighted by atomic mass is 10.0. The van der Waals surface area contributed by atoms with E-state index in [9.17, 15) is 63.3 Å². The molecule has 0 radical (unpaired) electrons. The first kappa shape index (κ1) is 72.6. The molecule has 1 aliphatic heterocycles. The molecular weight excluding hydrogens is 1170 g/mol. The van der Waals surface area contributed by atoms with Crippen molar-refractivity contribution in [3.05, 3.63) is 80.1 Å². The third kappa shape index (κ3) is 25.0. The predicted molar refractivity (Wildman–Crippen MR) is 337 cm³/mol. The fourth-order valence-corrected chi connectivity index (χ4v) is 10.4. The summed E-state index contributed by atoms with van der Waals surface area (Å²) in [5, 5.41) is 56.5. The van der Waals surface area contributed by atoms with E-state index in [4.69, 9.17) is 14.6 Å². The summed E-state index contributed by atoms with van der Waals surface area (Å²) >= 11 is 0. The van der Waals surface area contributed by atoms with Gasteiger partial charge in [-0.2, -0.15) is 15.0 Å². The van der Waals surface area contributed by atoms with Gasteiger partial charge in [0.2, 0.25) is 17.8 Å². The van der Waals surface area contributed by atoms with Crippen molar-refractivity contribution in [1.82, 2.24) is 34.6 Å². The second-order valence-electron chi connectivity index (χ2n) is 22.3. The Balaban J connectivity index is 1.30. The first-order chi connectivity index (χ1) is 43.1. The fourth-order valence-electron chi connectivity index (χ4n) is 10.4. The Hall–Kier alpha value is -8.15.